The number of halogens is 1. The number of hydrogen-bond acceptors (Lipinski definition) is 6. The minimum Gasteiger partial charge on any atom is -0.454 e. The number of hydrogen-bond donors (Lipinski definition) is 1. The van der Waals surface area contributed by atoms with E-state index in [-0.39, 0.29) is 31.0 Å². The molecule has 37 heavy (non-hydrogen) atoms. The van der Waals surface area contributed by atoms with E-state index in [0.717, 1.165) is 36.2 Å². The maximum Gasteiger partial charge on any atom is 0.244 e. The Hall–Kier alpha value is -3.34. The number of carbonyl (C=O) groups excluding carboxylic acids is 2. The van der Waals surface area contributed by atoms with Gasteiger partial charge in [-0.25, -0.2) is 12.8 Å². The maximum absolute atomic E-state index is 13.7. The summed E-state index contributed by atoms with van der Waals surface area (Å²) in [5, 5.41) is 3.05. The van der Waals surface area contributed by atoms with Crippen molar-refractivity contribution in [2.24, 2.45) is 0 Å². The van der Waals surface area contributed by atoms with E-state index in [1.165, 1.54) is 29.2 Å². The van der Waals surface area contributed by atoms with E-state index in [0.29, 0.717) is 23.5 Å². The van der Waals surface area contributed by atoms with Gasteiger partial charge in [-0.3, -0.25) is 13.9 Å². The number of benzene rings is 2. The normalized spacial score (nSPS) is 15.9. The third kappa shape index (κ3) is 6.51. The average molecular weight is 534 g/mol. The molecule has 0 saturated heterocycles. The molecule has 1 saturated carbocycles. The largest absolute Gasteiger partial charge is 0.454 e. The quantitative estimate of drug-likeness (QED) is 0.503. The molecular weight excluding hydrogens is 501 g/mol. The van der Waals surface area contributed by atoms with E-state index in [1.54, 1.807) is 25.1 Å². The van der Waals surface area contributed by atoms with E-state index < -0.39 is 34.3 Å². The molecule has 200 valence electrons. The van der Waals surface area contributed by atoms with Crippen LogP contribution in [0, 0.1) is 5.82 Å². The molecule has 1 N–H and O–H groups in total. The molecule has 11 heteroatoms. The van der Waals surface area contributed by atoms with E-state index in [4.69, 9.17) is 9.47 Å². The van der Waals surface area contributed by atoms with Crippen LogP contribution in [-0.2, 0) is 26.2 Å². The lowest BCUT2D eigenvalue weighted by molar-refractivity contribution is -0.140. The van der Waals surface area contributed by atoms with E-state index in [1.807, 2.05) is 0 Å². The van der Waals surface area contributed by atoms with Crippen molar-refractivity contribution in [3.63, 3.8) is 0 Å². The fourth-order valence-electron chi connectivity index (χ4n) is 4.73. The molecule has 2 aromatic carbocycles. The molecule has 1 atom stereocenters. The summed E-state index contributed by atoms with van der Waals surface area (Å²) in [6.45, 7) is 1.33. The van der Waals surface area contributed by atoms with Gasteiger partial charge in [0.2, 0.25) is 28.6 Å². The number of nitrogens with zero attached hydrogens (tertiary/aromatic N) is 2. The molecule has 1 unspecified atom stereocenters. The molecule has 9 nitrogen and oxygen atoms in total. The summed E-state index contributed by atoms with van der Waals surface area (Å²) in [7, 11) is -3.87. The highest BCUT2D eigenvalue weighted by atomic mass is 32.2. The third-order valence-electron chi connectivity index (χ3n) is 6.68. The highest BCUT2D eigenvalue weighted by Crippen LogP contribution is 2.36. The second kappa shape index (κ2) is 11.4. The van der Waals surface area contributed by atoms with Crippen LogP contribution >= 0.6 is 0 Å². The Labute approximate surface area is 216 Å². The zero-order valence-corrected chi connectivity index (χ0v) is 21.8. The van der Waals surface area contributed by atoms with Gasteiger partial charge in [0.15, 0.2) is 11.5 Å². The number of carbonyl (C=O) groups is 2. The molecule has 0 spiro atoms. The zero-order chi connectivity index (χ0) is 26.6. The van der Waals surface area contributed by atoms with Gasteiger partial charge >= 0.3 is 0 Å². The Bertz CT molecular complexity index is 1230. The predicted octanol–water partition coefficient (Wildman–Crippen LogP) is 3.19. The summed E-state index contributed by atoms with van der Waals surface area (Å²) in [4.78, 5) is 28.4. The number of ether oxygens (including phenoxy) is 2. The molecule has 0 radical (unpaired) electrons. The molecule has 2 aromatic rings. The lowest BCUT2D eigenvalue weighted by atomic mass is 10.1. The fraction of sp³-hybridized carbons (Fsp3) is 0.462. The molecule has 1 heterocycles. The van der Waals surface area contributed by atoms with Crippen molar-refractivity contribution in [3.05, 3.63) is 53.8 Å². The lowest BCUT2D eigenvalue weighted by Crippen LogP contribution is -2.53. The van der Waals surface area contributed by atoms with Gasteiger partial charge in [-0.15, -0.1) is 0 Å². The van der Waals surface area contributed by atoms with Gasteiger partial charge in [0.25, 0.3) is 0 Å². The Morgan fingerprint density at radius 1 is 1.08 bits per heavy atom. The summed E-state index contributed by atoms with van der Waals surface area (Å²) in [5.74, 6) is -0.390. The standard InChI is InChI=1S/C26H32FN3O6S/c1-3-22(26(32)28-20-6-4-5-7-20)29(15-18-8-10-19(27)11-9-18)25(31)16-30(37(2,33)34)21-12-13-23-24(14-21)36-17-35-23/h8-14,20,22H,3-7,15-17H2,1-2H3,(H,28,32). The van der Waals surface area contributed by atoms with Crippen LogP contribution in [0.15, 0.2) is 42.5 Å². The van der Waals surface area contributed by atoms with E-state index in [9.17, 15) is 22.4 Å². The minimum absolute atomic E-state index is 0.0223. The molecule has 1 aliphatic carbocycles. The van der Waals surface area contributed by atoms with Crippen molar-refractivity contribution < 1.29 is 31.9 Å². The van der Waals surface area contributed by atoms with Gasteiger partial charge in [0.1, 0.15) is 18.4 Å². The van der Waals surface area contributed by atoms with Gasteiger partial charge in [-0.1, -0.05) is 31.9 Å². The van der Waals surface area contributed by atoms with Crippen LogP contribution < -0.4 is 19.1 Å². The lowest BCUT2D eigenvalue weighted by Gasteiger charge is -2.33. The average Bonchev–Trinajstić information content (AvgIpc) is 3.54. The maximum atomic E-state index is 13.7. The molecule has 2 aliphatic rings. The topological polar surface area (TPSA) is 105 Å². The molecule has 1 aliphatic heterocycles. The summed E-state index contributed by atoms with van der Waals surface area (Å²) in [5.41, 5.74) is 0.862. The van der Waals surface area contributed by atoms with Gasteiger partial charge in [-0.2, -0.15) is 0 Å². The van der Waals surface area contributed by atoms with Crippen LogP contribution in [0.4, 0.5) is 10.1 Å². The molecule has 0 bridgehead atoms. The molecule has 2 amide bonds. The number of anilines is 1. The monoisotopic (exact) mass is 533 g/mol. The van der Waals surface area contributed by atoms with Crippen LogP contribution in [0.3, 0.4) is 0 Å². The van der Waals surface area contributed by atoms with Crippen molar-refractivity contribution in [2.45, 2.75) is 57.7 Å². The number of amides is 2. The van der Waals surface area contributed by atoms with E-state index in [2.05, 4.69) is 5.32 Å². The van der Waals surface area contributed by atoms with Gasteiger partial charge in [0.05, 0.1) is 11.9 Å². The summed E-state index contributed by atoms with van der Waals surface area (Å²) in [6, 6.07) is 9.52. The third-order valence-corrected chi connectivity index (χ3v) is 7.82. The van der Waals surface area contributed by atoms with Crippen molar-refractivity contribution in [1.82, 2.24) is 10.2 Å². The van der Waals surface area contributed by atoms with Crippen molar-refractivity contribution >= 4 is 27.5 Å². The van der Waals surface area contributed by atoms with Gasteiger partial charge in [0, 0.05) is 18.7 Å². The summed E-state index contributed by atoms with van der Waals surface area (Å²) >= 11 is 0. The highest BCUT2D eigenvalue weighted by molar-refractivity contribution is 7.92. The smallest absolute Gasteiger partial charge is 0.244 e. The van der Waals surface area contributed by atoms with Crippen LogP contribution in [0.5, 0.6) is 11.5 Å². The highest BCUT2D eigenvalue weighted by Gasteiger charge is 2.33. The van der Waals surface area contributed by atoms with Crippen molar-refractivity contribution in [3.8, 4) is 11.5 Å². The number of nitrogens with one attached hydrogen (secondary N) is 1. The minimum atomic E-state index is -3.87. The van der Waals surface area contributed by atoms with Crippen molar-refractivity contribution in [1.29, 1.82) is 0 Å². The Morgan fingerprint density at radius 2 is 1.76 bits per heavy atom. The van der Waals surface area contributed by atoms with Gasteiger partial charge in [-0.05, 0) is 49.1 Å². The predicted molar refractivity (Wildman–Crippen MR) is 136 cm³/mol. The zero-order valence-electron chi connectivity index (χ0n) is 21.0. The van der Waals surface area contributed by atoms with Crippen LogP contribution in [0.2, 0.25) is 0 Å². The molecular formula is C26H32FN3O6S. The van der Waals surface area contributed by atoms with Crippen LogP contribution in [0.1, 0.15) is 44.6 Å². The first-order valence-electron chi connectivity index (χ1n) is 12.4. The second-order valence-electron chi connectivity index (χ2n) is 9.37. The fourth-order valence-corrected chi connectivity index (χ4v) is 5.57. The van der Waals surface area contributed by atoms with E-state index >= 15 is 0 Å². The first kappa shape index (κ1) is 26.7. The molecule has 1 fully saturated rings. The van der Waals surface area contributed by atoms with Crippen LogP contribution in [-0.4, -0.2) is 56.8 Å². The first-order valence-corrected chi connectivity index (χ1v) is 14.2. The SMILES string of the molecule is CCC(C(=O)NC1CCCC1)N(Cc1ccc(F)cc1)C(=O)CN(c1ccc2c(c1)OCO2)S(C)(=O)=O. The molecule has 0 aromatic heterocycles. The van der Waals surface area contributed by atoms with Crippen molar-refractivity contribution in [2.75, 3.05) is 23.9 Å². The first-order chi connectivity index (χ1) is 17.7. The second-order valence-corrected chi connectivity index (χ2v) is 11.3. The summed E-state index contributed by atoms with van der Waals surface area (Å²) < 4.78 is 50.7. The Balaban J connectivity index is 1.62. The molecule has 4 rings (SSSR count). The van der Waals surface area contributed by atoms with Crippen LogP contribution in [0.25, 0.3) is 0 Å². The van der Waals surface area contributed by atoms with Gasteiger partial charge < -0.3 is 19.7 Å². The number of sulfonamides is 1. The number of rotatable bonds is 10. The Morgan fingerprint density at radius 3 is 2.41 bits per heavy atom. The number of fused-ring (bicyclic) bond motifs is 1. The summed E-state index contributed by atoms with van der Waals surface area (Å²) in [6.07, 6.45) is 5.20. The Kier molecular flexibility index (Phi) is 8.21.